The van der Waals surface area contributed by atoms with Crippen LogP contribution in [0.15, 0.2) is 36.4 Å². The second-order valence-corrected chi connectivity index (χ2v) is 5.70. The van der Waals surface area contributed by atoms with Gasteiger partial charge in [-0.15, -0.1) is 0 Å². The molecule has 24 heavy (non-hydrogen) atoms. The van der Waals surface area contributed by atoms with E-state index < -0.39 is 0 Å². The Morgan fingerprint density at radius 3 is 2.88 bits per heavy atom. The molecule has 0 bridgehead atoms. The number of hydrogen-bond acceptors (Lipinski definition) is 6. The monoisotopic (exact) mass is 326 g/mol. The molecule has 2 N–H and O–H groups in total. The first-order valence-electron chi connectivity index (χ1n) is 7.93. The van der Waals surface area contributed by atoms with Crippen LogP contribution in [0.2, 0.25) is 0 Å². The topological polar surface area (TPSA) is 68.8 Å². The minimum Gasteiger partial charge on any atom is -0.490 e. The van der Waals surface area contributed by atoms with Crippen LogP contribution in [0, 0.1) is 0 Å². The summed E-state index contributed by atoms with van der Waals surface area (Å²) in [7, 11) is 0. The van der Waals surface area contributed by atoms with Gasteiger partial charge in [-0.25, -0.2) is 0 Å². The number of carbonyl (C=O) groups is 1. The van der Waals surface area contributed by atoms with E-state index in [0.29, 0.717) is 18.7 Å². The van der Waals surface area contributed by atoms with Crippen LogP contribution >= 0.6 is 0 Å². The highest BCUT2D eigenvalue weighted by Gasteiger charge is 2.15. The molecule has 0 fully saturated rings. The van der Waals surface area contributed by atoms with Gasteiger partial charge >= 0.3 is 0 Å². The fourth-order valence-electron chi connectivity index (χ4n) is 2.79. The summed E-state index contributed by atoms with van der Waals surface area (Å²) in [4.78, 5) is 12.3. The van der Waals surface area contributed by atoms with Crippen molar-refractivity contribution in [1.29, 1.82) is 0 Å². The lowest BCUT2D eigenvalue weighted by Gasteiger charge is -2.19. The number of hydrogen-bond donors (Lipinski definition) is 2. The van der Waals surface area contributed by atoms with E-state index >= 15 is 0 Å². The first-order valence-corrected chi connectivity index (χ1v) is 7.93. The maximum atomic E-state index is 12.3. The van der Waals surface area contributed by atoms with Crippen molar-refractivity contribution in [3.8, 4) is 17.2 Å². The third kappa shape index (κ3) is 3.00. The van der Waals surface area contributed by atoms with Crippen molar-refractivity contribution < 1.29 is 19.0 Å². The Kier molecular flexibility index (Phi) is 3.96. The van der Waals surface area contributed by atoms with Crippen molar-refractivity contribution in [2.45, 2.75) is 6.54 Å². The average Bonchev–Trinajstić information content (AvgIpc) is 3.09. The van der Waals surface area contributed by atoms with Crippen LogP contribution in [-0.4, -0.2) is 32.3 Å². The van der Waals surface area contributed by atoms with Gasteiger partial charge in [-0.05, 0) is 35.9 Å². The molecule has 0 spiro atoms. The number of carbonyl (C=O) groups excluding carboxylic acids is 1. The van der Waals surface area contributed by atoms with Gasteiger partial charge in [0, 0.05) is 18.7 Å². The van der Waals surface area contributed by atoms with Crippen LogP contribution in [0.3, 0.4) is 0 Å². The van der Waals surface area contributed by atoms with Gasteiger partial charge < -0.3 is 24.8 Å². The van der Waals surface area contributed by atoms with Gasteiger partial charge in [-0.2, -0.15) is 0 Å². The Balaban J connectivity index is 1.35. The van der Waals surface area contributed by atoms with Crippen LogP contribution < -0.4 is 24.8 Å². The molecule has 0 aromatic heterocycles. The largest absolute Gasteiger partial charge is 0.490 e. The molecule has 2 heterocycles. The van der Waals surface area contributed by atoms with E-state index in [9.17, 15) is 4.79 Å². The lowest BCUT2D eigenvalue weighted by Crippen LogP contribution is -2.23. The van der Waals surface area contributed by atoms with Gasteiger partial charge in [0.05, 0.1) is 12.2 Å². The lowest BCUT2D eigenvalue weighted by atomic mass is 10.1. The minimum absolute atomic E-state index is 0.0471. The maximum Gasteiger partial charge on any atom is 0.231 e. The van der Waals surface area contributed by atoms with Gasteiger partial charge in [-0.1, -0.05) is 6.07 Å². The summed E-state index contributed by atoms with van der Waals surface area (Å²) in [6.07, 6.45) is 0. The lowest BCUT2D eigenvalue weighted by molar-refractivity contribution is 0.0991. The average molecular weight is 326 g/mol. The Morgan fingerprint density at radius 2 is 1.92 bits per heavy atom. The minimum atomic E-state index is 0.0471. The van der Waals surface area contributed by atoms with Gasteiger partial charge in [-0.3, -0.25) is 4.79 Å². The van der Waals surface area contributed by atoms with E-state index in [1.54, 1.807) is 6.07 Å². The molecular weight excluding hydrogens is 308 g/mol. The van der Waals surface area contributed by atoms with Gasteiger partial charge in [0.25, 0.3) is 0 Å². The molecule has 2 aliphatic rings. The fraction of sp³-hybridized carbons (Fsp3) is 0.278. The molecular formula is C18H18N2O4. The summed E-state index contributed by atoms with van der Waals surface area (Å²) >= 11 is 0. The highest BCUT2D eigenvalue weighted by Crippen LogP contribution is 2.32. The second-order valence-electron chi connectivity index (χ2n) is 5.70. The number of anilines is 1. The third-order valence-electron chi connectivity index (χ3n) is 4.03. The van der Waals surface area contributed by atoms with Crippen LogP contribution in [0.25, 0.3) is 0 Å². The summed E-state index contributed by atoms with van der Waals surface area (Å²) in [6.45, 7) is 2.54. The molecule has 0 atom stereocenters. The Labute approximate surface area is 139 Å². The molecule has 0 unspecified atom stereocenters. The Morgan fingerprint density at radius 1 is 1.04 bits per heavy atom. The quantitative estimate of drug-likeness (QED) is 0.821. The third-order valence-corrected chi connectivity index (χ3v) is 4.03. The molecule has 0 amide bonds. The summed E-state index contributed by atoms with van der Waals surface area (Å²) in [6, 6.07) is 11.3. The van der Waals surface area contributed by atoms with Crippen molar-refractivity contribution in [2.24, 2.45) is 0 Å². The van der Waals surface area contributed by atoms with Crippen molar-refractivity contribution in [2.75, 3.05) is 31.8 Å². The van der Waals surface area contributed by atoms with Crippen molar-refractivity contribution in [3.63, 3.8) is 0 Å². The molecule has 0 saturated heterocycles. The zero-order valence-corrected chi connectivity index (χ0v) is 13.1. The zero-order valence-electron chi connectivity index (χ0n) is 13.1. The van der Waals surface area contributed by atoms with Crippen LogP contribution in [0.5, 0.6) is 17.2 Å². The second kappa shape index (κ2) is 6.41. The van der Waals surface area contributed by atoms with E-state index in [0.717, 1.165) is 35.0 Å². The van der Waals surface area contributed by atoms with Gasteiger partial charge in [0.1, 0.15) is 12.4 Å². The molecule has 6 heteroatoms. The maximum absolute atomic E-state index is 12.3. The van der Waals surface area contributed by atoms with Crippen LogP contribution in [-0.2, 0) is 6.54 Å². The fourth-order valence-corrected chi connectivity index (χ4v) is 2.79. The number of nitrogens with one attached hydrogen (secondary N) is 2. The predicted molar refractivity (Wildman–Crippen MR) is 89.0 cm³/mol. The predicted octanol–water partition coefficient (Wildman–Crippen LogP) is 2.19. The number of benzene rings is 2. The number of fused-ring (bicyclic) bond motifs is 2. The molecule has 0 radical (unpaired) electrons. The van der Waals surface area contributed by atoms with E-state index in [1.807, 2.05) is 30.3 Å². The van der Waals surface area contributed by atoms with E-state index in [4.69, 9.17) is 14.2 Å². The van der Waals surface area contributed by atoms with E-state index in [1.165, 1.54) is 0 Å². The summed E-state index contributed by atoms with van der Waals surface area (Å²) in [5.41, 5.74) is 2.60. The summed E-state index contributed by atoms with van der Waals surface area (Å²) < 4.78 is 16.2. The first-order chi connectivity index (χ1) is 11.8. The standard InChI is InChI=1S/C18H18N2O4/c21-15(13-2-4-16-14(8-13)20-5-6-22-16)10-19-9-12-1-3-17-18(7-12)24-11-23-17/h1-4,7-8,19-20H,5-6,9-11H2. The number of ketones is 1. The van der Waals surface area contributed by atoms with Gasteiger partial charge in [0.15, 0.2) is 17.3 Å². The summed E-state index contributed by atoms with van der Waals surface area (Å²) in [5.74, 6) is 2.36. The van der Waals surface area contributed by atoms with Crippen molar-refractivity contribution in [1.82, 2.24) is 5.32 Å². The number of rotatable bonds is 5. The highest BCUT2D eigenvalue weighted by atomic mass is 16.7. The van der Waals surface area contributed by atoms with Crippen LogP contribution in [0.1, 0.15) is 15.9 Å². The Bertz CT molecular complexity index is 776. The Hall–Kier alpha value is -2.73. The van der Waals surface area contributed by atoms with Gasteiger partial charge in [0.2, 0.25) is 6.79 Å². The number of Topliss-reactive ketones (excluding diaryl/α,β-unsaturated/α-hetero) is 1. The first kappa shape index (κ1) is 14.8. The molecule has 6 nitrogen and oxygen atoms in total. The zero-order chi connectivity index (χ0) is 16.4. The molecule has 4 rings (SSSR count). The molecule has 2 aromatic rings. The van der Waals surface area contributed by atoms with E-state index in [2.05, 4.69) is 10.6 Å². The normalized spacial score (nSPS) is 14.5. The van der Waals surface area contributed by atoms with Crippen molar-refractivity contribution in [3.05, 3.63) is 47.5 Å². The number of ether oxygens (including phenoxy) is 3. The molecule has 0 saturated carbocycles. The van der Waals surface area contributed by atoms with Crippen LogP contribution in [0.4, 0.5) is 5.69 Å². The molecule has 0 aliphatic carbocycles. The molecule has 124 valence electrons. The van der Waals surface area contributed by atoms with E-state index in [-0.39, 0.29) is 19.1 Å². The molecule has 2 aromatic carbocycles. The SMILES string of the molecule is O=C(CNCc1ccc2c(c1)OCO2)c1ccc2c(c1)NCCO2. The highest BCUT2D eigenvalue weighted by molar-refractivity contribution is 5.98. The van der Waals surface area contributed by atoms with Crippen molar-refractivity contribution >= 4 is 11.5 Å². The molecule has 2 aliphatic heterocycles. The smallest absolute Gasteiger partial charge is 0.231 e. The summed E-state index contributed by atoms with van der Waals surface area (Å²) in [5, 5.41) is 6.41.